The Morgan fingerprint density at radius 2 is 1.08 bits per heavy atom. The summed E-state index contributed by atoms with van der Waals surface area (Å²) in [5.74, 6) is 0. The van der Waals surface area contributed by atoms with Gasteiger partial charge in [-0.2, -0.15) is 14.8 Å². The second-order valence-electron chi connectivity index (χ2n) is 14.8. The third-order valence-electron chi connectivity index (χ3n) is 8.26. The van der Waals surface area contributed by atoms with Crippen LogP contribution in [-0.2, 0) is 56.5 Å². The zero-order chi connectivity index (χ0) is 42.0. The van der Waals surface area contributed by atoms with Crippen molar-refractivity contribution in [1.82, 2.24) is 15.5 Å². The van der Waals surface area contributed by atoms with Crippen molar-refractivity contribution in [2.24, 2.45) is 5.73 Å². The fourth-order valence-electron chi connectivity index (χ4n) is 6.03. The third kappa shape index (κ3) is 42.8. The predicted octanol–water partition coefficient (Wildman–Crippen LogP) is 11.3. The Kier molecular flexibility index (Phi) is 62.4. The standard InChI is InChI=1S/C11H21NO5S.C10H18NO2.C6H11N.C5H11NO.4C2H6.5CH4.B.Y/c1-11(2,3)16-10(13)12-8-6-5-7-9(8)17-18(4,14)15;1-10(2,3)13-9(12)11-8-6-4-5-7-8;1-7-5-3-2-4-6(5)7;6-4-2-1-3-5(4)7;4*1-2;;;;;;;/h8-9H,5-7H2,1-4H3,(H,12,13);6,8H,4-5,7H2,1-3H3,(H,11,12);5-6H,2-4H2,1H3;4-5,7H,1-3,6H2;4*1-2H3;5*1H4;;/q;-1;;;;;;;;;;;;;/t8?,9-;8-;5-,6+,7?;4?,5-;;;;;;;;;;;/m10.1.........../s1. The van der Waals surface area contributed by atoms with Crippen LogP contribution in [0.2, 0.25) is 0 Å². The maximum Gasteiger partial charge on any atom is 0.407 e. The largest absolute Gasteiger partial charge is 0.444 e. The molecule has 60 heavy (non-hydrogen) atoms. The van der Waals surface area contributed by atoms with Gasteiger partial charge in [0.1, 0.15) is 11.2 Å². The van der Waals surface area contributed by atoms with E-state index in [0.29, 0.717) is 12.8 Å². The number of carbonyl (C=O) groups excluding carboxylic acids is 2. The molecule has 5 N–H and O–H groups in total. The first-order chi connectivity index (χ1) is 24.7. The molecule has 1 aliphatic heterocycles. The zero-order valence-corrected chi connectivity index (χ0v) is 41.7. The summed E-state index contributed by atoms with van der Waals surface area (Å²) < 4.78 is 37.4. The number of aliphatic hydroxyl groups is 1. The molecule has 366 valence electrons. The first-order valence-electron chi connectivity index (χ1n) is 20.6. The van der Waals surface area contributed by atoms with Gasteiger partial charge < -0.3 is 37.4 Å². The average Bonchev–Trinajstić information content (AvgIpc) is 3.73. The van der Waals surface area contributed by atoms with E-state index in [0.717, 1.165) is 56.9 Å². The molecule has 4 aliphatic carbocycles. The van der Waals surface area contributed by atoms with E-state index in [2.05, 4.69) is 29.0 Å². The number of piperidine rings is 1. The first-order valence-corrected chi connectivity index (χ1v) is 22.4. The molecular weight excluding hydrogens is 856 g/mol. The smallest absolute Gasteiger partial charge is 0.407 e. The summed E-state index contributed by atoms with van der Waals surface area (Å²) in [6, 6.07) is 2.00. The SMILES string of the molecule is C.C.C.C.C.CC.CC.CC.CC.CC(C)(C)OC(=O)NC1CCC[C@H]1OS(C)(=O)=O.CC(C)(C)OC(=O)N[C@H]1[CH-]CCC1.CN1[C@@H]2CCC[C@@H]21.NC1CCC[C@H]1O.[B].[Y]. The number of likely N-dealkylation sites (tertiary alicyclic amines) is 1. The Bertz CT molecular complexity index is 1020. The molecule has 12 nitrogen and oxygen atoms in total. The number of fused-ring (bicyclic) bond motifs is 1. The molecule has 5 fully saturated rings. The monoisotopic (exact) mass is 962 g/mol. The van der Waals surface area contributed by atoms with E-state index in [-0.39, 0.29) is 109 Å². The number of ether oxygens (including phenoxy) is 2. The van der Waals surface area contributed by atoms with Crippen molar-refractivity contribution in [3.05, 3.63) is 6.42 Å². The van der Waals surface area contributed by atoms with Gasteiger partial charge in [-0.1, -0.05) is 118 Å². The van der Waals surface area contributed by atoms with E-state index in [1.807, 2.05) is 76.2 Å². The van der Waals surface area contributed by atoms with Gasteiger partial charge in [-0.05, 0) is 100.0 Å². The van der Waals surface area contributed by atoms with Gasteiger partial charge in [0.2, 0.25) is 0 Å². The van der Waals surface area contributed by atoms with E-state index in [4.69, 9.17) is 24.5 Å². The van der Waals surface area contributed by atoms with Crippen LogP contribution in [-0.4, -0.2) is 106 Å². The number of hydrogen-bond donors (Lipinski definition) is 4. The van der Waals surface area contributed by atoms with Crippen molar-refractivity contribution in [2.75, 3.05) is 13.3 Å². The second-order valence-corrected chi connectivity index (χ2v) is 16.4. The molecule has 4 saturated carbocycles. The summed E-state index contributed by atoms with van der Waals surface area (Å²) in [4.78, 5) is 25.3. The first kappa shape index (κ1) is 83.1. The number of amides is 2. The van der Waals surface area contributed by atoms with Crippen LogP contribution in [0, 0.1) is 6.42 Å². The van der Waals surface area contributed by atoms with Crippen LogP contribution in [0.25, 0.3) is 0 Å². The number of carbonyl (C=O) groups is 2. The zero-order valence-electron chi connectivity index (χ0n) is 38.0. The number of rotatable bonds is 4. The molecule has 0 aromatic carbocycles. The molecule has 8 atom stereocenters. The summed E-state index contributed by atoms with van der Waals surface area (Å²) in [5, 5.41) is 14.3. The molecule has 3 unspecified atom stereocenters. The Labute approximate surface area is 403 Å². The van der Waals surface area contributed by atoms with Crippen LogP contribution in [0.4, 0.5) is 9.59 Å². The summed E-state index contributed by atoms with van der Waals surface area (Å²) in [7, 11) is -1.27. The van der Waals surface area contributed by atoms with Crippen molar-refractivity contribution in [3.63, 3.8) is 0 Å². The van der Waals surface area contributed by atoms with E-state index >= 15 is 0 Å². The van der Waals surface area contributed by atoms with Crippen molar-refractivity contribution in [2.45, 2.75) is 265 Å². The molecule has 15 heteroatoms. The van der Waals surface area contributed by atoms with Gasteiger partial charge in [-0.15, -0.1) is 0 Å². The van der Waals surface area contributed by atoms with Crippen molar-refractivity contribution < 1.29 is 69.5 Å². The predicted molar refractivity (Wildman–Crippen MR) is 260 cm³/mol. The minimum atomic E-state index is -3.50. The average molecular weight is 962 g/mol. The van der Waals surface area contributed by atoms with Crippen molar-refractivity contribution in [1.29, 1.82) is 0 Å². The van der Waals surface area contributed by atoms with Gasteiger partial charge in [0.05, 0.1) is 24.5 Å². The molecule has 4 radical (unpaired) electrons. The maximum absolute atomic E-state index is 11.6. The van der Waals surface area contributed by atoms with Crippen LogP contribution >= 0.6 is 0 Å². The number of alkyl carbamates (subject to hydrolysis) is 2. The molecule has 0 aromatic heterocycles. The van der Waals surface area contributed by atoms with E-state index in [9.17, 15) is 18.0 Å². The van der Waals surface area contributed by atoms with Crippen molar-refractivity contribution in [3.8, 4) is 0 Å². The molecule has 2 amide bonds. The minimum Gasteiger partial charge on any atom is -0.444 e. The van der Waals surface area contributed by atoms with E-state index < -0.39 is 33.5 Å². The number of nitrogens with two attached hydrogens (primary N) is 1. The second kappa shape index (κ2) is 45.1. The molecule has 5 aliphatic rings. The van der Waals surface area contributed by atoms with Crippen LogP contribution in [0.3, 0.4) is 0 Å². The number of likely N-dealkylation sites (N-methyl/N-ethyl adjacent to an activating group) is 1. The quantitative estimate of drug-likeness (QED) is 0.0921. The molecular formula is C45H105BN4O8SY-. The normalized spacial score (nSPS) is 24.4. The Morgan fingerprint density at radius 1 is 0.683 bits per heavy atom. The van der Waals surface area contributed by atoms with Gasteiger partial charge >= 0.3 is 12.2 Å². The Morgan fingerprint density at radius 3 is 1.37 bits per heavy atom. The maximum atomic E-state index is 11.6. The molecule has 1 saturated heterocycles. The summed E-state index contributed by atoms with van der Waals surface area (Å²) in [5.41, 5.74) is 4.45. The van der Waals surface area contributed by atoms with Crippen LogP contribution in [0.1, 0.15) is 211 Å². The number of nitrogens with one attached hydrogen (secondary N) is 2. The summed E-state index contributed by atoms with van der Waals surface area (Å²) in [6.07, 6.45) is 14.5. The number of hydrogen-bond acceptors (Lipinski definition) is 10. The fraction of sp³-hybridized carbons (Fsp3) is 0.933. The Hall–Kier alpha value is -0.501. The van der Waals surface area contributed by atoms with Gasteiger partial charge in [-0.3, -0.25) is 9.08 Å². The molecule has 1 heterocycles. The van der Waals surface area contributed by atoms with E-state index in [1.165, 1.54) is 25.7 Å². The molecule has 0 spiro atoms. The molecule has 0 bridgehead atoms. The van der Waals surface area contributed by atoms with Gasteiger partial charge in [-0.25, -0.2) is 9.59 Å². The van der Waals surface area contributed by atoms with Crippen molar-refractivity contribution >= 4 is 30.7 Å². The summed E-state index contributed by atoms with van der Waals surface area (Å²) >= 11 is 0. The summed E-state index contributed by atoms with van der Waals surface area (Å²) in [6.45, 7) is 26.9. The van der Waals surface area contributed by atoms with Gasteiger partial charge in [0.25, 0.3) is 10.1 Å². The topological polar surface area (TPSA) is 169 Å². The molecule has 5 rings (SSSR count). The van der Waals surface area contributed by atoms with Gasteiger partial charge in [0, 0.05) is 59.2 Å². The number of nitrogens with zero attached hydrogens (tertiary/aromatic N) is 1. The van der Waals surface area contributed by atoms with Gasteiger partial charge in [0.15, 0.2) is 0 Å². The third-order valence-corrected chi connectivity index (χ3v) is 8.85. The Balaban J connectivity index is -0.0000000661. The van der Waals surface area contributed by atoms with Crippen LogP contribution in [0.5, 0.6) is 0 Å². The molecule has 0 aromatic rings. The number of aliphatic hydroxyl groups excluding tert-OH is 1. The van der Waals surface area contributed by atoms with E-state index in [1.54, 1.807) is 20.8 Å². The van der Waals surface area contributed by atoms with Crippen LogP contribution < -0.4 is 16.4 Å². The minimum absolute atomic E-state index is 0. The fourth-order valence-corrected chi connectivity index (χ4v) is 6.70. The van der Waals surface area contributed by atoms with Crippen LogP contribution in [0.15, 0.2) is 0 Å².